The molecule has 0 heterocycles. The Hall–Kier alpha value is -0.219. The van der Waals surface area contributed by atoms with Crippen molar-refractivity contribution in [1.29, 1.82) is 0 Å². The van der Waals surface area contributed by atoms with E-state index in [2.05, 4.69) is 62.2 Å². The molecule has 0 saturated heterocycles. The van der Waals surface area contributed by atoms with Crippen molar-refractivity contribution in [2.45, 2.75) is 26.3 Å². The van der Waals surface area contributed by atoms with Gasteiger partial charge in [-0.15, -0.1) is 70.1 Å². The molecule has 0 unspecified atom stereocenters. The largest absolute Gasteiger partial charge is 0.126 e. The number of rotatable bonds is 0. The molecule has 2 radical (unpaired) electrons. The Kier molecular flexibility index (Phi) is 19.8. The van der Waals surface area contributed by atoms with E-state index in [0.717, 1.165) is 0 Å². The summed E-state index contributed by atoms with van der Waals surface area (Å²) < 4.78 is 0. The maximum atomic E-state index is 6.94. The van der Waals surface area contributed by atoms with Gasteiger partial charge in [-0.25, -0.2) is 0 Å². The summed E-state index contributed by atoms with van der Waals surface area (Å²) in [6, 6.07) is 19.3. The Balaban J connectivity index is -0.000000162. The fraction of sp³-hybridized carbons (Fsp3) is 0.211. The van der Waals surface area contributed by atoms with Crippen molar-refractivity contribution in [3.05, 3.63) is 75.2 Å². The number of fused-ring (bicyclic) bond motifs is 3. The second-order valence-corrected chi connectivity index (χ2v) is 5.57. The zero-order valence-electron chi connectivity index (χ0n) is 15.0. The van der Waals surface area contributed by atoms with Crippen LogP contribution < -0.4 is 0 Å². The molecule has 1 N–H and O–H groups in total. The number of benzene rings is 2. The van der Waals surface area contributed by atoms with Crippen molar-refractivity contribution < 1.29 is 19.2 Å². The molecular formula is C19H27Cl2NSiTi-4. The van der Waals surface area contributed by atoms with Gasteiger partial charge in [0.05, 0.1) is 0 Å². The van der Waals surface area contributed by atoms with E-state index >= 15 is 0 Å². The van der Waals surface area contributed by atoms with Gasteiger partial charge in [0.15, 0.2) is 0 Å². The molecule has 3 aromatic carbocycles. The van der Waals surface area contributed by atoms with Crippen LogP contribution in [0.2, 0.25) is 0 Å². The van der Waals surface area contributed by atoms with Crippen molar-refractivity contribution in [3.8, 4) is 0 Å². The van der Waals surface area contributed by atoms with Crippen LogP contribution >= 0.6 is 24.8 Å². The van der Waals surface area contributed by atoms with Crippen molar-refractivity contribution >= 4 is 54.0 Å². The van der Waals surface area contributed by atoms with Gasteiger partial charge in [-0.1, -0.05) is 57.2 Å². The Morgan fingerprint density at radius 3 is 1.33 bits per heavy atom. The van der Waals surface area contributed by atoms with Gasteiger partial charge in [0.1, 0.15) is 0 Å². The molecule has 1 nitrogen and oxygen atoms in total. The van der Waals surface area contributed by atoms with E-state index in [-0.39, 0.29) is 45.2 Å². The van der Waals surface area contributed by atoms with Crippen LogP contribution in [0.4, 0.5) is 0 Å². The third-order valence-corrected chi connectivity index (χ3v) is 2.52. The summed E-state index contributed by atoms with van der Waals surface area (Å²) in [7, 11) is 2.97. The summed E-state index contributed by atoms with van der Waals surface area (Å²) in [5.74, 6) is 0. The fourth-order valence-electron chi connectivity index (χ4n) is 1.90. The SMILES string of the molecule is CC(C)(C)[NH-].Cl.Cl.[CH3-].[CH3-].[Si]=[Ti].c1ccc2c(c1)[cH-]c1ccccc12. The number of hydrogen-bond donors (Lipinski definition) is 0. The van der Waals surface area contributed by atoms with Gasteiger partial charge in [-0.05, 0) is 0 Å². The third-order valence-electron chi connectivity index (χ3n) is 2.52. The molecule has 0 aromatic heterocycles. The van der Waals surface area contributed by atoms with Crippen molar-refractivity contribution in [2.24, 2.45) is 0 Å². The quantitative estimate of drug-likeness (QED) is 0.281. The van der Waals surface area contributed by atoms with Crippen molar-refractivity contribution in [3.63, 3.8) is 0 Å². The van der Waals surface area contributed by atoms with E-state index in [4.69, 9.17) is 5.73 Å². The van der Waals surface area contributed by atoms with E-state index in [1.165, 1.54) is 21.5 Å². The van der Waals surface area contributed by atoms with Crippen LogP contribution in [0.3, 0.4) is 0 Å². The first-order valence-electron chi connectivity index (χ1n) is 6.48. The summed E-state index contributed by atoms with van der Waals surface area (Å²) in [6.45, 7) is 5.56. The topological polar surface area (TPSA) is 23.8 Å². The van der Waals surface area contributed by atoms with Gasteiger partial charge < -0.3 is 20.6 Å². The van der Waals surface area contributed by atoms with Crippen LogP contribution in [0, 0.1) is 14.9 Å². The zero-order valence-corrected chi connectivity index (χ0v) is 19.2. The molecule has 0 aliphatic heterocycles. The molecule has 3 rings (SSSR count). The molecule has 0 aliphatic rings. The minimum absolute atomic E-state index is 0. The smallest absolute Gasteiger partial charge is 0.0771 e. The molecule has 24 heavy (non-hydrogen) atoms. The molecule has 0 amide bonds. The molecule has 0 bridgehead atoms. The van der Waals surface area contributed by atoms with Gasteiger partial charge in [0.25, 0.3) is 0 Å². The van der Waals surface area contributed by atoms with E-state index < -0.39 is 0 Å². The standard InChI is InChI=1S/C13H9.C4H10N.2CH3.2ClH.Si.Ti/c1-3-7-12-10(5-1)9-11-6-2-4-8-13(11)12;1-4(2,3)5;;;;;;/h1-9H;5H,1-3H3;2*1H3;2*1H;;/q4*-1;;;;. The van der Waals surface area contributed by atoms with Crippen LogP contribution in [-0.2, 0) is 19.2 Å². The average molecular weight is 416 g/mol. The molecule has 0 spiro atoms. The number of hydrogen-bond acceptors (Lipinski definition) is 0. The van der Waals surface area contributed by atoms with Crippen molar-refractivity contribution in [2.75, 3.05) is 0 Å². The zero-order chi connectivity index (χ0) is 15.2. The fourth-order valence-corrected chi connectivity index (χ4v) is 1.90. The second-order valence-electron chi connectivity index (χ2n) is 5.57. The van der Waals surface area contributed by atoms with Crippen LogP contribution in [0.15, 0.2) is 54.6 Å². The minimum atomic E-state index is -0.250. The number of halogens is 2. The molecule has 0 atom stereocenters. The van der Waals surface area contributed by atoms with Gasteiger partial charge in [0.2, 0.25) is 0 Å². The van der Waals surface area contributed by atoms with Crippen LogP contribution in [0.5, 0.6) is 0 Å². The molecule has 0 fully saturated rings. The summed E-state index contributed by atoms with van der Waals surface area (Å²) in [6.07, 6.45) is 0. The van der Waals surface area contributed by atoms with Gasteiger partial charge in [-0.3, -0.25) is 0 Å². The third kappa shape index (κ3) is 10.6. The van der Waals surface area contributed by atoms with E-state index in [0.29, 0.717) is 0 Å². The normalized spacial score (nSPS) is 8.62. The van der Waals surface area contributed by atoms with E-state index in [1.54, 1.807) is 19.2 Å². The predicted octanol–water partition coefficient (Wildman–Crippen LogP) is 6.91. The predicted molar refractivity (Wildman–Crippen MR) is 114 cm³/mol. The molecule has 134 valence electrons. The van der Waals surface area contributed by atoms with E-state index in [1.807, 2.05) is 20.8 Å². The van der Waals surface area contributed by atoms with Gasteiger partial charge >= 0.3 is 26.8 Å². The Morgan fingerprint density at radius 1 is 0.792 bits per heavy atom. The van der Waals surface area contributed by atoms with Crippen LogP contribution in [0.25, 0.3) is 27.3 Å². The van der Waals surface area contributed by atoms with Crippen LogP contribution in [0.1, 0.15) is 20.8 Å². The maximum absolute atomic E-state index is 6.94. The Bertz CT molecular complexity index is 621. The minimum Gasteiger partial charge on any atom is -0.126 e. The second kappa shape index (κ2) is 15.1. The van der Waals surface area contributed by atoms with Gasteiger partial charge in [0, 0.05) is 0 Å². The molecule has 0 saturated carbocycles. The number of nitrogens with one attached hydrogen (secondary N) is 1. The Labute approximate surface area is 174 Å². The summed E-state index contributed by atoms with van der Waals surface area (Å²) in [5, 5.41) is 5.39. The van der Waals surface area contributed by atoms with Crippen LogP contribution in [-0.4, -0.2) is 13.2 Å². The Morgan fingerprint density at radius 2 is 1.04 bits per heavy atom. The first-order chi connectivity index (χ1) is 9.45. The van der Waals surface area contributed by atoms with Crippen molar-refractivity contribution in [1.82, 2.24) is 0 Å². The monoisotopic (exact) mass is 415 g/mol. The molecule has 3 aromatic rings. The van der Waals surface area contributed by atoms with Gasteiger partial charge in [-0.2, -0.15) is 0 Å². The summed E-state index contributed by atoms with van der Waals surface area (Å²) >= 11 is 1.81. The molecule has 5 heteroatoms. The average Bonchev–Trinajstić information content (AvgIpc) is 2.78. The molecule has 0 aliphatic carbocycles. The maximum Gasteiger partial charge on any atom is -0.0771 e. The summed E-state index contributed by atoms with van der Waals surface area (Å²) in [5.41, 5.74) is 6.69. The first kappa shape index (κ1) is 31.5. The molecular weight excluding hydrogens is 389 g/mol. The van der Waals surface area contributed by atoms with E-state index in [9.17, 15) is 0 Å². The first-order valence-corrected chi connectivity index (χ1v) is 9.32. The summed E-state index contributed by atoms with van der Waals surface area (Å²) in [4.78, 5) is 0.